The van der Waals surface area contributed by atoms with E-state index < -0.39 is 11.6 Å². The van der Waals surface area contributed by atoms with Gasteiger partial charge in [0.15, 0.2) is 11.6 Å². The van der Waals surface area contributed by atoms with E-state index in [-0.39, 0.29) is 11.6 Å². The maximum absolute atomic E-state index is 12.7. The van der Waals surface area contributed by atoms with Crippen molar-refractivity contribution in [2.24, 2.45) is 0 Å². The quantitative estimate of drug-likeness (QED) is 0.626. The Hall–Kier alpha value is -0.720. The van der Waals surface area contributed by atoms with E-state index in [1.165, 1.54) is 6.92 Å². The van der Waals surface area contributed by atoms with Gasteiger partial charge in [-0.3, -0.25) is 4.79 Å². The summed E-state index contributed by atoms with van der Waals surface area (Å²) in [6, 6.07) is 1.99. The number of amides is 1. The zero-order chi connectivity index (χ0) is 10.0. The van der Waals surface area contributed by atoms with E-state index in [0.717, 1.165) is 12.1 Å². The Kier molecular flexibility index (Phi) is 3.18. The van der Waals surface area contributed by atoms with Gasteiger partial charge in [-0.25, -0.2) is 8.78 Å². The molecule has 0 radical (unpaired) electrons. The number of benzene rings is 1. The first kappa shape index (κ1) is 10.4. The molecule has 0 aromatic heterocycles. The average molecular weight is 297 g/mol. The molecule has 0 unspecified atom stereocenters. The van der Waals surface area contributed by atoms with Crippen molar-refractivity contribution in [2.45, 2.75) is 6.92 Å². The average Bonchev–Trinajstić information content (AvgIpc) is 1.99. The van der Waals surface area contributed by atoms with Crippen LogP contribution in [0.5, 0.6) is 0 Å². The number of carbonyl (C=O) groups excluding carboxylic acids is 1. The molecule has 1 rings (SSSR count). The van der Waals surface area contributed by atoms with E-state index in [1.807, 2.05) is 22.6 Å². The van der Waals surface area contributed by atoms with Gasteiger partial charge in [0.1, 0.15) is 0 Å². The minimum Gasteiger partial charge on any atom is -0.325 e. The third-order valence-corrected chi connectivity index (χ3v) is 2.21. The summed E-state index contributed by atoms with van der Waals surface area (Å²) in [5.74, 6) is -2.20. The highest BCUT2D eigenvalue weighted by Gasteiger charge is 2.08. The molecule has 13 heavy (non-hydrogen) atoms. The molecular weight excluding hydrogens is 291 g/mol. The standard InChI is InChI=1S/C8H6F2INO/c1-4(13)12-8-3-6(10)5(9)2-7(8)11/h2-3H,1H3,(H,12,13). The lowest BCUT2D eigenvalue weighted by atomic mass is 10.3. The molecule has 0 aliphatic rings. The molecule has 1 amide bonds. The monoisotopic (exact) mass is 297 g/mol. The molecule has 2 nitrogen and oxygen atoms in total. The molecule has 0 spiro atoms. The Morgan fingerprint density at radius 2 is 1.92 bits per heavy atom. The summed E-state index contributed by atoms with van der Waals surface area (Å²) in [4.78, 5) is 10.6. The van der Waals surface area contributed by atoms with Crippen molar-refractivity contribution in [3.05, 3.63) is 27.3 Å². The number of halogens is 3. The molecule has 0 aliphatic heterocycles. The van der Waals surface area contributed by atoms with Gasteiger partial charge >= 0.3 is 0 Å². The molecule has 1 N–H and O–H groups in total. The molecule has 0 fully saturated rings. The summed E-state index contributed by atoms with van der Waals surface area (Å²) in [7, 11) is 0. The van der Waals surface area contributed by atoms with Gasteiger partial charge in [-0.2, -0.15) is 0 Å². The second-order valence-corrected chi connectivity index (χ2v) is 3.59. The van der Waals surface area contributed by atoms with Gasteiger partial charge < -0.3 is 5.32 Å². The number of hydrogen-bond donors (Lipinski definition) is 1. The van der Waals surface area contributed by atoms with E-state index in [4.69, 9.17) is 0 Å². The number of anilines is 1. The van der Waals surface area contributed by atoms with Gasteiger partial charge in [0.05, 0.1) is 5.69 Å². The minimum atomic E-state index is -0.968. The molecule has 0 saturated carbocycles. The zero-order valence-electron chi connectivity index (χ0n) is 6.70. The van der Waals surface area contributed by atoms with Crippen molar-refractivity contribution >= 4 is 34.2 Å². The van der Waals surface area contributed by atoms with E-state index in [1.54, 1.807) is 0 Å². The van der Waals surface area contributed by atoms with Gasteiger partial charge in [0.25, 0.3) is 0 Å². The molecule has 1 aromatic carbocycles. The van der Waals surface area contributed by atoms with Gasteiger partial charge in [-0.05, 0) is 28.7 Å². The second-order valence-electron chi connectivity index (χ2n) is 2.43. The molecule has 0 saturated heterocycles. The molecule has 0 atom stereocenters. The Balaban J connectivity index is 3.08. The van der Waals surface area contributed by atoms with Crippen LogP contribution in [-0.4, -0.2) is 5.91 Å². The van der Waals surface area contributed by atoms with Gasteiger partial charge in [0.2, 0.25) is 5.91 Å². The summed E-state index contributed by atoms with van der Waals surface area (Å²) in [6.45, 7) is 1.30. The SMILES string of the molecule is CC(=O)Nc1cc(F)c(F)cc1I. The molecule has 0 bridgehead atoms. The van der Waals surface area contributed by atoms with Crippen molar-refractivity contribution in [2.75, 3.05) is 5.32 Å². The lowest BCUT2D eigenvalue weighted by Crippen LogP contribution is -2.07. The van der Waals surface area contributed by atoms with Crippen LogP contribution in [0.25, 0.3) is 0 Å². The van der Waals surface area contributed by atoms with Crippen molar-refractivity contribution in [1.82, 2.24) is 0 Å². The highest BCUT2D eigenvalue weighted by molar-refractivity contribution is 14.1. The Morgan fingerprint density at radius 3 is 2.46 bits per heavy atom. The third-order valence-electron chi connectivity index (χ3n) is 1.32. The van der Waals surface area contributed by atoms with Crippen LogP contribution < -0.4 is 5.32 Å². The number of nitrogens with one attached hydrogen (secondary N) is 1. The molecular formula is C8H6F2INO. The minimum absolute atomic E-state index is 0.284. The lowest BCUT2D eigenvalue weighted by Gasteiger charge is -2.05. The van der Waals surface area contributed by atoms with E-state index in [9.17, 15) is 13.6 Å². The Labute approximate surface area is 87.5 Å². The normalized spacial score (nSPS) is 9.85. The summed E-state index contributed by atoms with van der Waals surface area (Å²) in [6.07, 6.45) is 0. The first-order chi connectivity index (χ1) is 6.00. The van der Waals surface area contributed by atoms with Crippen molar-refractivity contribution in [3.8, 4) is 0 Å². The zero-order valence-corrected chi connectivity index (χ0v) is 8.85. The van der Waals surface area contributed by atoms with Crippen LogP contribution in [0.2, 0.25) is 0 Å². The highest BCUT2D eigenvalue weighted by Crippen LogP contribution is 2.21. The summed E-state index contributed by atoms with van der Waals surface area (Å²) < 4.78 is 25.7. The fraction of sp³-hybridized carbons (Fsp3) is 0.125. The maximum atomic E-state index is 12.7. The van der Waals surface area contributed by atoms with Crippen LogP contribution in [0.3, 0.4) is 0 Å². The van der Waals surface area contributed by atoms with Crippen LogP contribution in [-0.2, 0) is 4.79 Å². The largest absolute Gasteiger partial charge is 0.325 e. The highest BCUT2D eigenvalue weighted by atomic mass is 127. The second kappa shape index (κ2) is 3.99. The predicted molar refractivity (Wildman–Crippen MR) is 53.4 cm³/mol. The van der Waals surface area contributed by atoms with Crippen molar-refractivity contribution < 1.29 is 13.6 Å². The van der Waals surface area contributed by atoms with Crippen LogP contribution >= 0.6 is 22.6 Å². The van der Waals surface area contributed by atoms with E-state index >= 15 is 0 Å². The van der Waals surface area contributed by atoms with E-state index in [0.29, 0.717) is 3.57 Å². The smallest absolute Gasteiger partial charge is 0.221 e. The van der Waals surface area contributed by atoms with Gasteiger partial charge in [-0.1, -0.05) is 0 Å². The van der Waals surface area contributed by atoms with Crippen LogP contribution in [0, 0.1) is 15.2 Å². The number of rotatable bonds is 1. The topological polar surface area (TPSA) is 29.1 Å². The van der Waals surface area contributed by atoms with Crippen LogP contribution in [0.1, 0.15) is 6.92 Å². The van der Waals surface area contributed by atoms with Gasteiger partial charge in [0, 0.05) is 16.6 Å². The molecule has 70 valence electrons. The van der Waals surface area contributed by atoms with Crippen molar-refractivity contribution in [3.63, 3.8) is 0 Å². The first-order valence-corrected chi connectivity index (χ1v) is 4.50. The predicted octanol–water partition coefficient (Wildman–Crippen LogP) is 2.53. The van der Waals surface area contributed by atoms with Crippen molar-refractivity contribution in [1.29, 1.82) is 0 Å². The lowest BCUT2D eigenvalue weighted by molar-refractivity contribution is -0.114. The Morgan fingerprint density at radius 1 is 1.38 bits per heavy atom. The fourth-order valence-electron chi connectivity index (χ4n) is 0.808. The number of carbonyl (C=O) groups is 1. The number of hydrogen-bond acceptors (Lipinski definition) is 1. The summed E-state index contributed by atoms with van der Waals surface area (Å²) >= 11 is 1.81. The first-order valence-electron chi connectivity index (χ1n) is 3.43. The molecule has 5 heteroatoms. The third kappa shape index (κ3) is 2.61. The van der Waals surface area contributed by atoms with Crippen LogP contribution in [0.4, 0.5) is 14.5 Å². The summed E-state index contributed by atoms with van der Waals surface area (Å²) in [5, 5.41) is 2.39. The fourth-order valence-corrected chi connectivity index (χ4v) is 1.37. The van der Waals surface area contributed by atoms with E-state index in [2.05, 4.69) is 5.32 Å². The molecule has 1 aromatic rings. The Bertz CT molecular complexity index is 354. The summed E-state index contributed by atoms with van der Waals surface area (Å²) in [5.41, 5.74) is 0.284. The van der Waals surface area contributed by atoms with Crippen LogP contribution in [0.15, 0.2) is 12.1 Å². The molecule has 0 aliphatic carbocycles. The molecule has 0 heterocycles. The maximum Gasteiger partial charge on any atom is 0.221 e. The van der Waals surface area contributed by atoms with Gasteiger partial charge in [-0.15, -0.1) is 0 Å².